The SMILES string of the molecule is CCC(c1cccc(C(F)(F)F)c1)(c1ccccc1Br)C1CNC(=O)O1. The molecule has 2 unspecified atom stereocenters. The molecule has 0 radical (unpaired) electrons. The van der Waals surface area contributed by atoms with E-state index in [4.69, 9.17) is 4.74 Å². The Morgan fingerprint density at radius 1 is 1.15 bits per heavy atom. The van der Waals surface area contributed by atoms with Gasteiger partial charge in [0.25, 0.3) is 0 Å². The summed E-state index contributed by atoms with van der Waals surface area (Å²) in [5.41, 5.74) is -0.399. The molecule has 1 aliphatic rings. The van der Waals surface area contributed by atoms with Gasteiger partial charge >= 0.3 is 12.3 Å². The highest BCUT2D eigenvalue weighted by Crippen LogP contribution is 2.45. The average molecular weight is 428 g/mol. The van der Waals surface area contributed by atoms with E-state index in [2.05, 4.69) is 21.2 Å². The second-order valence-corrected chi connectivity index (χ2v) is 7.01. The van der Waals surface area contributed by atoms with Gasteiger partial charge in [0.15, 0.2) is 0 Å². The highest BCUT2D eigenvalue weighted by molar-refractivity contribution is 9.10. The largest absolute Gasteiger partial charge is 0.443 e. The second kappa shape index (κ2) is 6.95. The molecular weight excluding hydrogens is 411 g/mol. The Morgan fingerprint density at radius 3 is 2.42 bits per heavy atom. The van der Waals surface area contributed by atoms with E-state index in [1.807, 2.05) is 31.2 Å². The standard InChI is InChI=1S/C19H17BrF3NO2/c1-2-18(16-11-24-17(25)26-16,14-8-3-4-9-15(14)20)12-6-5-7-13(10-12)19(21,22)23/h3-10,16H,2,11H2,1H3,(H,24,25). The van der Waals surface area contributed by atoms with Crippen molar-refractivity contribution in [2.75, 3.05) is 6.54 Å². The molecule has 0 aliphatic carbocycles. The number of carbonyl (C=O) groups is 1. The molecule has 2 aromatic carbocycles. The highest BCUT2D eigenvalue weighted by atomic mass is 79.9. The minimum absolute atomic E-state index is 0.226. The number of carbonyl (C=O) groups excluding carboxylic acids is 1. The first kappa shape index (κ1) is 18.8. The van der Waals surface area contributed by atoms with Gasteiger partial charge in [-0.2, -0.15) is 13.2 Å². The summed E-state index contributed by atoms with van der Waals surface area (Å²) in [6.07, 6.45) is -5.18. The molecule has 7 heteroatoms. The third-order valence-corrected chi connectivity index (χ3v) is 5.54. The zero-order valence-electron chi connectivity index (χ0n) is 13.9. The third kappa shape index (κ3) is 3.20. The molecule has 1 amide bonds. The number of ether oxygens (including phenoxy) is 1. The maximum atomic E-state index is 13.3. The van der Waals surface area contributed by atoms with Crippen LogP contribution in [0.2, 0.25) is 0 Å². The van der Waals surface area contributed by atoms with Crippen LogP contribution >= 0.6 is 15.9 Å². The summed E-state index contributed by atoms with van der Waals surface area (Å²) in [4.78, 5) is 11.7. The molecule has 1 fully saturated rings. The van der Waals surface area contributed by atoms with E-state index in [0.717, 1.165) is 22.2 Å². The minimum Gasteiger partial charge on any atom is -0.443 e. The summed E-state index contributed by atoms with van der Waals surface area (Å²) in [5, 5.41) is 2.61. The molecule has 26 heavy (non-hydrogen) atoms. The maximum absolute atomic E-state index is 13.3. The van der Waals surface area contributed by atoms with Gasteiger partial charge in [-0.1, -0.05) is 59.3 Å². The first-order chi connectivity index (χ1) is 12.3. The van der Waals surface area contributed by atoms with Crippen LogP contribution in [0.5, 0.6) is 0 Å². The number of hydrogen-bond acceptors (Lipinski definition) is 2. The van der Waals surface area contributed by atoms with Crippen molar-refractivity contribution in [2.24, 2.45) is 0 Å². The fraction of sp³-hybridized carbons (Fsp3) is 0.316. The van der Waals surface area contributed by atoms with Crippen LogP contribution in [0.15, 0.2) is 53.0 Å². The van der Waals surface area contributed by atoms with Crippen LogP contribution in [0.25, 0.3) is 0 Å². The Kier molecular flexibility index (Phi) is 5.01. The first-order valence-electron chi connectivity index (χ1n) is 8.16. The molecule has 0 aromatic heterocycles. The number of rotatable bonds is 4. The van der Waals surface area contributed by atoms with E-state index in [1.165, 1.54) is 6.07 Å². The predicted octanol–water partition coefficient (Wildman–Crippen LogP) is 5.27. The number of hydrogen-bond donors (Lipinski definition) is 1. The fourth-order valence-corrected chi connectivity index (χ4v) is 4.24. The van der Waals surface area contributed by atoms with Crippen molar-refractivity contribution in [2.45, 2.75) is 31.0 Å². The molecule has 0 bridgehead atoms. The quantitative estimate of drug-likeness (QED) is 0.721. The van der Waals surface area contributed by atoms with E-state index in [0.29, 0.717) is 12.0 Å². The minimum atomic E-state index is -4.45. The van der Waals surface area contributed by atoms with E-state index in [-0.39, 0.29) is 6.54 Å². The van der Waals surface area contributed by atoms with Gasteiger partial charge in [-0.25, -0.2) is 4.79 Å². The number of nitrogens with one attached hydrogen (secondary N) is 1. The van der Waals surface area contributed by atoms with Crippen LogP contribution in [0, 0.1) is 0 Å². The Labute approximate surface area is 157 Å². The Balaban J connectivity index is 2.24. The monoisotopic (exact) mass is 427 g/mol. The summed E-state index contributed by atoms with van der Waals surface area (Å²) >= 11 is 3.51. The van der Waals surface area contributed by atoms with Gasteiger partial charge in [0.05, 0.1) is 17.5 Å². The molecule has 3 rings (SSSR count). The van der Waals surface area contributed by atoms with Crippen molar-refractivity contribution in [3.05, 3.63) is 69.7 Å². The zero-order valence-corrected chi connectivity index (χ0v) is 15.5. The highest BCUT2D eigenvalue weighted by Gasteiger charge is 2.47. The Morgan fingerprint density at radius 2 is 1.85 bits per heavy atom. The molecule has 3 nitrogen and oxygen atoms in total. The van der Waals surface area contributed by atoms with Crippen molar-refractivity contribution >= 4 is 22.0 Å². The van der Waals surface area contributed by atoms with Gasteiger partial charge < -0.3 is 10.1 Å². The van der Waals surface area contributed by atoms with Crippen LogP contribution in [0.3, 0.4) is 0 Å². The average Bonchev–Trinajstić information content (AvgIpc) is 3.04. The molecule has 2 atom stereocenters. The summed E-state index contributed by atoms with van der Waals surface area (Å²) in [6, 6.07) is 12.6. The van der Waals surface area contributed by atoms with Crippen LogP contribution < -0.4 is 5.32 Å². The van der Waals surface area contributed by atoms with E-state index >= 15 is 0 Å². The Hall–Kier alpha value is -2.02. The molecule has 1 N–H and O–H groups in total. The number of alkyl halides is 3. The third-order valence-electron chi connectivity index (χ3n) is 4.85. The van der Waals surface area contributed by atoms with Crippen molar-refractivity contribution in [1.82, 2.24) is 5.32 Å². The molecule has 0 saturated carbocycles. The van der Waals surface area contributed by atoms with E-state index in [1.54, 1.807) is 6.07 Å². The lowest BCUT2D eigenvalue weighted by Crippen LogP contribution is -2.43. The second-order valence-electron chi connectivity index (χ2n) is 6.16. The summed E-state index contributed by atoms with van der Waals surface area (Å²) in [5.74, 6) is 0. The molecule has 1 saturated heterocycles. The molecule has 0 spiro atoms. The van der Waals surface area contributed by atoms with Crippen molar-refractivity contribution in [1.29, 1.82) is 0 Å². The van der Waals surface area contributed by atoms with Crippen molar-refractivity contribution in [3.8, 4) is 0 Å². The first-order valence-corrected chi connectivity index (χ1v) is 8.95. The molecular formula is C19H17BrF3NO2. The molecule has 2 aromatic rings. The lowest BCUT2D eigenvalue weighted by molar-refractivity contribution is -0.137. The number of amides is 1. The van der Waals surface area contributed by atoms with Crippen LogP contribution in [0.4, 0.5) is 18.0 Å². The van der Waals surface area contributed by atoms with Gasteiger partial charge in [0.2, 0.25) is 0 Å². The molecule has 138 valence electrons. The van der Waals surface area contributed by atoms with Crippen molar-refractivity contribution in [3.63, 3.8) is 0 Å². The number of cyclic esters (lactones) is 1. The number of halogens is 4. The van der Waals surface area contributed by atoms with Crippen LogP contribution in [-0.2, 0) is 16.3 Å². The maximum Gasteiger partial charge on any atom is 0.416 e. The van der Waals surface area contributed by atoms with Crippen molar-refractivity contribution < 1.29 is 22.7 Å². The van der Waals surface area contributed by atoms with Gasteiger partial charge in [0.1, 0.15) is 6.10 Å². The summed E-state index contributed by atoms with van der Waals surface area (Å²) in [6.45, 7) is 2.11. The van der Waals surface area contributed by atoms with Gasteiger partial charge in [-0.05, 0) is 29.7 Å². The summed E-state index contributed by atoms with van der Waals surface area (Å²) in [7, 11) is 0. The van der Waals surface area contributed by atoms with Gasteiger partial charge in [0, 0.05) is 4.47 Å². The van der Waals surface area contributed by atoms with Crippen LogP contribution in [-0.4, -0.2) is 18.7 Å². The Bertz CT molecular complexity index is 824. The van der Waals surface area contributed by atoms with Gasteiger partial charge in [-0.15, -0.1) is 0 Å². The predicted molar refractivity (Wildman–Crippen MR) is 94.9 cm³/mol. The van der Waals surface area contributed by atoms with E-state index in [9.17, 15) is 18.0 Å². The topological polar surface area (TPSA) is 38.3 Å². The normalized spacial score (nSPS) is 19.6. The number of benzene rings is 2. The van der Waals surface area contributed by atoms with Gasteiger partial charge in [-0.3, -0.25) is 0 Å². The molecule has 1 aliphatic heterocycles. The fourth-order valence-electron chi connectivity index (χ4n) is 3.60. The number of alkyl carbamates (subject to hydrolysis) is 1. The summed E-state index contributed by atoms with van der Waals surface area (Å²) < 4.78 is 46.0. The molecule has 1 heterocycles. The smallest absolute Gasteiger partial charge is 0.416 e. The zero-order chi connectivity index (χ0) is 18.9. The lowest BCUT2D eigenvalue weighted by Gasteiger charge is -2.38. The lowest BCUT2D eigenvalue weighted by atomic mass is 9.68. The van der Waals surface area contributed by atoms with E-state index < -0.39 is 29.4 Å². The van der Waals surface area contributed by atoms with Crippen LogP contribution in [0.1, 0.15) is 30.0 Å².